The van der Waals surface area contributed by atoms with E-state index in [4.69, 9.17) is 5.26 Å². The summed E-state index contributed by atoms with van der Waals surface area (Å²) >= 11 is 0. The molecule has 1 heterocycles. The van der Waals surface area contributed by atoms with Crippen LogP contribution in [0.25, 0.3) is 0 Å². The van der Waals surface area contributed by atoms with Crippen molar-refractivity contribution in [1.82, 2.24) is 10.2 Å². The predicted molar refractivity (Wildman–Crippen MR) is 67.1 cm³/mol. The van der Waals surface area contributed by atoms with Crippen molar-refractivity contribution in [3.8, 4) is 6.07 Å². The molecule has 1 rings (SSSR count). The summed E-state index contributed by atoms with van der Waals surface area (Å²) < 4.78 is 0. The molecule has 0 bridgehead atoms. The van der Waals surface area contributed by atoms with Gasteiger partial charge in [0.1, 0.15) is 0 Å². The Morgan fingerprint density at radius 2 is 1.94 bits per heavy atom. The Morgan fingerprint density at radius 3 is 2.44 bits per heavy atom. The molecule has 0 spiro atoms. The van der Waals surface area contributed by atoms with E-state index >= 15 is 0 Å². The lowest BCUT2D eigenvalue weighted by atomic mass is 10.0. The molecule has 1 aliphatic heterocycles. The van der Waals surface area contributed by atoms with Gasteiger partial charge in [0.25, 0.3) is 0 Å². The van der Waals surface area contributed by atoms with Crippen molar-refractivity contribution in [2.24, 2.45) is 5.92 Å². The lowest BCUT2D eigenvalue weighted by Crippen LogP contribution is -2.45. The monoisotopic (exact) mass is 223 g/mol. The average molecular weight is 223 g/mol. The molecule has 1 atom stereocenters. The van der Waals surface area contributed by atoms with E-state index in [0.717, 1.165) is 19.0 Å². The van der Waals surface area contributed by atoms with Gasteiger partial charge in [0, 0.05) is 25.2 Å². The largest absolute Gasteiger partial charge is 0.311 e. The summed E-state index contributed by atoms with van der Waals surface area (Å²) in [5.74, 6) is 0.765. The van der Waals surface area contributed by atoms with Gasteiger partial charge in [0.05, 0.1) is 12.6 Å². The fourth-order valence-electron chi connectivity index (χ4n) is 2.54. The molecule has 16 heavy (non-hydrogen) atoms. The lowest BCUT2D eigenvalue weighted by molar-refractivity contribution is 0.206. The highest BCUT2D eigenvalue weighted by Gasteiger charge is 2.20. The molecule has 3 nitrogen and oxygen atoms in total. The Bertz CT molecular complexity index is 224. The minimum Gasteiger partial charge on any atom is -0.311 e. The van der Waals surface area contributed by atoms with Crippen molar-refractivity contribution in [2.45, 2.75) is 52.1 Å². The van der Waals surface area contributed by atoms with E-state index in [1.165, 1.54) is 19.3 Å². The summed E-state index contributed by atoms with van der Waals surface area (Å²) in [5.41, 5.74) is 0. The maximum absolute atomic E-state index is 8.62. The fourth-order valence-corrected chi connectivity index (χ4v) is 2.54. The molecule has 0 radical (unpaired) electrons. The van der Waals surface area contributed by atoms with Crippen LogP contribution in [-0.2, 0) is 0 Å². The van der Waals surface area contributed by atoms with E-state index in [0.29, 0.717) is 18.6 Å². The Hall–Kier alpha value is -0.590. The van der Waals surface area contributed by atoms with Crippen molar-refractivity contribution in [1.29, 1.82) is 5.26 Å². The van der Waals surface area contributed by atoms with E-state index in [2.05, 4.69) is 37.1 Å². The van der Waals surface area contributed by atoms with Crippen molar-refractivity contribution in [3.05, 3.63) is 0 Å². The molecule has 1 aliphatic rings. The van der Waals surface area contributed by atoms with Gasteiger partial charge in [0.15, 0.2) is 0 Å². The number of hydrogen-bond donors (Lipinski definition) is 1. The van der Waals surface area contributed by atoms with Crippen LogP contribution in [-0.4, -0.2) is 36.6 Å². The first-order valence-electron chi connectivity index (χ1n) is 6.47. The van der Waals surface area contributed by atoms with Gasteiger partial charge in [-0.25, -0.2) is 0 Å². The highest BCUT2D eigenvalue weighted by molar-refractivity contribution is 4.84. The molecule has 92 valence electrons. The molecule has 1 saturated heterocycles. The fraction of sp³-hybridized carbons (Fsp3) is 0.923. The van der Waals surface area contributed by atoms with E-state index in [1.54, 1.807) is 0 Å². The van der Waals surface area contributed by atoms with Gasteiger partial charge < -0.3 is 5.32 Å². The zero-order valence-corrected chi connectivity index (χ0v) is 10.9. The molecular formula is C13H25N3. The summed E-state index contributed by atoms with van der Waals surface area (Å²) in [7, 11) is 0. The number of piperidine rings is 1. The van der Waals surface area contributed by atoms with Crippen LogP contribution in [0.3, 0.4) is 0 Å². The third-order valence-corrected chi connectivity index (χ3v) is 3.23. The summed E-state index contributed by atoms with van der Waals surface area (Å²) in [6, 6.07) is 3.50. The second kappa shape index (κ2) is 6.88. The quantitative estimate of drug-likeness (QED) is 0.725. The molecular weight excluding hydrogens is 198 g/mol. The number of nitrogens with zero attached hydrogens (tertiary/aromatic N) is 2. The topological polar surface area (TPSA) is 39.1 Å². The third-order valence-electron chi connectivity index (χ3n) is 3.23. The first-order valence-corrected chi connectivity index (χ1v) is 6.47. The normalized spacial score (nSPS) is 20.9. The number of likely N-dealkylation sites (tertiary alicyclic amines) is 1. The van der Waals surface area contributed by atoms with Crippen LogP contribution in [0.4, 0.5) is 0 Å². The van der Waals surface area contributed by atoms with Crippen LogP contribution in [0.1, 0.15) is 40.0 Å². The van der Waals surface area contributed by atoms with Gasteiger partial charge in [0.2, 0.25) is 0 Å². The Labute approximate surface area is 99.8 Å². The summed E-state index contributed by atoms with van der Waals surface area (Å²) in [6.45, 7) is 9.55. The zero-order chi connectivity index (χ0) is 12.0. The minimum atomic E-state index is 0.592. The van der Waals surface area contributed by atoms with Gasteiger partial charge in [-0.2, -0.15) is 5.26 Å². The summed E-state index contributed by atoms with van der Waals surface area (Å²) in [6.07, 6.45) is 3.62. The van der Waals surface area contributed by atoms with Crippen molar-refractivity contribution >= 4 is 0 Å². The first kappa shape index (κ1) is 13.5. The number of hydrogen-bond acceptors (Lipinski definition) is 3. The highest BCUT2D eigenvalue weighted by atomic mass is 15.1. The molecule has 1 unspecified atom stereocenters. The molecule has 0 amide bonds. The SMILES string of the molecule is CC(C)CC(C)NC1CCN(CC#N)CC1. The van der Waals surface area contributed by atoms with Crippen LogP contribution in [0, 0.1) is 17.2 Å². The second-order valence-corrected chi connectivity index (χ2v) is 5.41. The molecule has 0 aliphatic carbocycles. The second-order valence-electron chi connectivity index (χ2n) is 5.41. The van der Waals surface area contributed by atoms with E-state index in [9.17, 15) is 0 Å². The lowest BCUT2D eigenvalue weighted by Gasteiger charge is -2.33. The van der Waals surface area contributed by atoms with Crippen LogP contribution in [0.2, 0.25) is 0 Å². The maximum atomic E-state index is 8.62. The van der Waals surface area contributed by atoms with Crippen LogP contribution >= 0.6 is 0 Å². The molecule has 0 aromatic heterocycles. The predicted octanol–water partition coefficient (Wildman–Crippen LogP) is 2.00. The standard InChI is InChI=1S/C13H25N3/c1-11(2)10-12(3)15-13-4-7-16(8-5-13)9-6-14/h11-13,15H,4-5,7-10H2,1-3H3. The van der Waals surface area contributed by atoms with Gasteiger partial charge in [-0.3, -0.25) is 4.90 Å². The molecule has 3 heteroatoms. The smallest absolute Gasteiger partial charge is 0.0866 e. The molecule has 0 aromatic carbocycles. The Morgan fingerprint density at radius 1 is 1.31 bits per heavy atom. The molecule has 0 saturated carbocycles. The highest BCUT2D eigenvalue weighted by Crippen LogP contribution is 2.12. The van der Waals surface area contributed by atoms with Gasteiger partial charge in [-0.1, -0.05) is 13.8 Å². The molecule has 1 N–H and O–H groups in total. The zero-order valence-electron chi connectivity index (χ0n) is 10.9. The van der Waals surface area contributed by atoms with E-state index in [1.807, 2.05) is 0 Å². The van der Waals surface area contributed by atoms with Gasteiger partial charge >= 0.3 is 0 Å². The van der Waals surface area contributed by atoms with Crippen LogP contribution in [0.5, 0.6) is 0 Å². The summed E-state index contributed by atoms with van der Waals surface area (Å²) in [5, 5.41) is 12.3. The van der Waals surface area contributed by atoms with E-state index in [-0.39, 0.29) is 0 Å². The Balaban J connectivity index is 2.19. The van der Waals surface area contributed by atoms with E-state index < -0.39 is 0 Å². The average Bonchev–Trinajstić information content (AvgIpc) is 2.20. The molecule has 1 fully saturated rings. The minimum absolute atomic E-state index is 0.592. The van der Waals surface area contributed by atoms with Gasteiger partial charge in [-0.05, 0) is 32.1 Å². The van der Waals surface area contributed by atoms with Crippen LogP contribution in [0.15, 0.2) is 0 Å². The Kier molecular flexibility index (Phi) is 5.79. The van der Waals surface area contributed by atoms with Crippen LogP contribution < -0.4 is 5.32 Å². The van der Waals surface area contributed by atoms with Crippen molar-refractivity contribution in [3.63, 3.8) is 0 Å². The third kappa shape index (κ3) is 4.96. The summed E-state index contributed by atoms with van der Waals surface area (Å²) in [4.78, 5) is 2.24. The first-order chi connectivity index (χ1) is 7.61. The number of rotatable bonds is 5. The van der Waals surface area contributed by atoms with Gasteiger partial charge in [-0.15, -0.1) is 0 Å². The van der Waals surface area contributed by atoms with Crippen molar-refractivity contribution < 1.29 is 0 Å². The maximum Gasteiger partial charge on any atom is 0.0866 e. The number of nitrogens with one attached hydrogen (secondary N) is 1. The molecule has 0 aromatic rings. The number of nitriles is 1. The van der Waals surface area contributed by atoms with Crippen molar-refractivity contribution in [2.75, 3.05) is 19.6 Å².